The summed E-state index contributed by atoms with van der Waals surface area (Å²) in [6.45, 7) is 2.51. The lowest BCUT2D eigenvalue weighted by Crippen LogP contribution is -3.00. The number of nitrogens with zero attached hydrogens (tertiary/aromatic N) is 2. The van der Waals surface area contributed by atoms with Crippen molar-refractivity contribution in [3.63, 3.8) is 0 Å². The Morgan fingerprint density at radius 1 is 0.889 bits per heavy atom. The van der Waals surface area contributed by atoms with Crippen molar-refractivity contribution in [2.75, 3.05) is 32.1 Å². The molecule has 1 saturated heterocycles. The first kappa shape index (κ1) is 20.7. The Balaban J connectivity index is 0.00000210. The maximum Gasteiger partial charge on any atom is 0.0903 e. The van der Waals surface area contributed by atoms with Crippen LogP contribution in [-0.2, 0) is 12.8 Å². The zero-order valence-corrected chi connectivity index (χ0v) is 18.9. The first-order valence-electron chi connectivity index (χ1n) is 10.3. The van der Waals surface area contributed by atoms with Crippen LogP contribution in [0, 0.1) is 0 Å². The quantitative estimate of drug-likeness (QED) is 0.469. The van der Waals surface area contributed by atoms with E-state index >= 15 is 0 Å². The zero-order valence-electron chi connectivity index (χ0n) is 16.8. The first-order chi connectivity index (χ1) is 12.6. The number of quaternary nitrogens is 1. The van der Waals surface area contributed by atoms with Crippen LogP contribution in [0.1, 0.15) is 36.8 Å². The second-order valence-corrected chi connectivity index (χ2v) is 8.80. The molecule has 0 aromatic heterocycles. The topological polar surface area (TPSA) is 3.24 Å². The molecular weight excluding hydrogens is 443 g/mol. The van der Waals surface area contributed by atoms with Gasteiger partial charge in [-0.1, -0.05) is 42.5 Å². The molecule has 3 heteroatoms. The molecule has 2 aromatic rings. The minimum atomic E-state index is 0. The average molecular weight is 476 g/mol. The highest BCUT2D eigenvalue weighted by atomic mass is 127. The maximum absolute atomic E-state index is 2.70. The van der Waals surface area contributed by atoms with Crippen LogP contribution >= 0.6 is 0 Å². The van der Waals surface area contributed by atoms with Gasteiger partial charge >= 0.3 is 0 Å². The smallest absolute Gasteiger partial charge is 0.0903 e. The van der Waals surface area contributed by atoms with E-state index in [9.17, 15) is 0 Å². The summed E-state index contributed by atoms with van der Waals surface area (Å²) in [6, 6.07) is 21.5. The zero-order chi connectivity index (χ0) is 18.0. The fourth-order valence-electron chi connectivity index (χ4n) is 5.11. The number of likely N-dealkylation sites (tertiary alicyclic amines) is 1. The van der Waals surface area contributed by atoms with Crippen LogP contribution < -0.4 is 28.9 Å². The normalized spacial score (nSPS) is 21.3. The van der Waals surface area contributed by atoms with Crippen LogP contribution in [0.5, 0.6) is 0 Å². The van der Waals surface area contributed by atoms with Gasteiger partial charge in [0.2, 0.25) is 0 Å². The van der Waals surface area contributed by atoms with Gasteiger partial charge in [0.25, 0.3) is 0 Å². The summed E-state index contributed by atoms with van der Waals surface area (Å²) in [5, 5.41) is 0. The van der Waals surface area contributed by atoms with E-state index in [-0.39, 0.29) is 24.0 Å². The molecule has 146 valence electrons. The Hall–Kier alpha value is -1.07. The van der Waals surface area contributed by atoms with Gasteiger partial charge in [-0.05, 0) is 55.4 Å². The Morgan fingerprint density at radius 3 is 2.15 bits per heavy atom. The highest BCUT2D eigenvalue weighted by Gasteiger charge is 2.33. The van der Waals surface area contributed by atoms with Crippen molar-refractivity contribution in [2.24, 2.45) is 0 Å². The minimum Gasteiger partial charge on any atom is -1.00 e. The molecule has 0 radical (unpaired) electrons. The summed E-state index contributed by atoms with van der Waals surface area (Å²) in [6.07, 6.45) is 7.87. The van der Waals surface area contributed by atoms with Crippen LogP contribution in [0.2, 0.25) is 0 Å². The molecule has 2 aliphatic rings. The molecule has 0 N–H and O–H groups in total. The van der Waals surface area contributed by atoms with Crippen LogP contribution in [0.25, 0.3) is 0 Å². The van der Waals surface area contributed by atoms with E-state index in [0.29, 0.717) is 6.04 Å². The lowest BCUT2D eigenvalue weighted by atomic mass is 9.96. The molecule has 4 rings (SSSR count). The number of benzene rings is 2. The molecule has 1 fully saturated rings. The van der Waals surface area contributed by atoms with E-state index in [0.717, 1.165) is 6.04 Å². The Bertz CT molecular complexity index is 703. The SMILES string of the molecule is C[N+]1(C)CCCC[C@H]1CCN(c1ccccc1)C1Cc2ccccc2C1.[I-]. The Kier molecular flexibility index (Phi) is 6.85. The number of anilines is 1. The Morgan fingerprint density at radius 2 is 1.52 bits per heavy atom. The molecule has 0 amide bonds. The van der Waals surface area contributed by atoms with Crippen molar-refractivity contribution in [1.82, 2.24) is 0 Å². The monoisotopic (exact) mass is 476 g/mol. The predicted molar refractivity (Wildman–Crippen MR) is 111 cm³/mol. The van der Waals surface area contributed by atoms with Crippen molar-refractivity contribution >= 4 is 5.69 Å². The van der Waals surface area contributed by atoms with Gasteiger partial charge in [-0.3, -0.25) is 0 Å². The number of piperidine rings is 1. The fourth-order valence-corrected chi connectivity index (χ4v) is 5.11. The van der Waals surface area contributed by atoms with Gasteiger partial charge < -0.3 is 33.4 Å². The molecular formula is C24H33IN2. The number of hydrogen-bond acceptors (Lipinski definition) is 1. The summed E-state index contributed by atoms with van der Waals surface area (Å²) in [7, 11) is 4.87. The van der Waals surface area contributed by atoms with Crippen molar-refractivity contribution < 1.29 is 28.5 Å². The van der Waals surface area contributed by atoms with E-state index in [4.69, 9.17) is 0 Å². The highest BCUT2D eigenvalue weighted by molar-refractivity contribution is 5.49. The van der Waals surface area contributed by atoms with Crippen molar-refractivity contribution in [2.45, 2.75) is 50.6 Å². The van der Waals surface area contributed by atoms with E-state index in [1.807, 2.05) is 0 Å². The molecule has 0 bridgehead atoms. The molecule has 0 unspecified atom stereocenters. The van der Waals surface area contributed by atoms with E-state index < -0.39 is 0 Å². The van der Waals surface area contributed by atoms with Crippen LogP contribution in [-0.4, -0.2) is 43.8 Å². The number of hydrogen-bond donors (Lipinski definition) is 0. The van der Waals surface area contributed by atoms with Gasteiger partial charge in [0, 0.05) is 24.7 Å². The molecule has 0 spiro atoms. The number of fused-ring (bicyclic) bond motifs is 1. The minimum absolute atomic E-state index is 0. The molecule has 1 aliphatic heterocycles. The second-order valence-electron chi connectivity index (χ2n) is 8.80. The van der Waals surface area contributed by atoms with Gasteiger partial charge in [-0.25, -0.2) is 0 Å². The number of halogens is 1. The second kappa shape index (κ2) is 8.95. The number of para-hydroxylation sites is 1. The van der Waals surface area contributed by atoms with Crippen LogP contribution in [0.15, 0.2) is 54.6 Å². The van der Waals surface area contributed by atoms with Crippen molar-refractivity contribution in [1.29, 1.82) is 0 Å². The van der Waals surface area contributed by atoms with Gasteiger partial charge in [0.1, 0.15) is 0 Å². The molecule has 1 heterocycles. The van der Waals surface area contributed by atoms with Gasteiger partial charge in [-0.2, -0.15) is 0 Å². The summed E-state index contributed by atoms with van der Waals surface area (Å²) in [4.78, 5) is 2.70. The standard InChI is InChI=1S/C24H33N2.HI/c1-26(2)17-9-8-14-24(26)15-16-25(22-12-4-3-5-13-22)23-18-20-10-6-7-11-21(20)19-23;/h3-7,10-13,23-24H,8-9,14-19H2,1-2H3;1H/q+1;/p-1/t24-;/m0./s1. The molecule has 0 saturated carbocycles. The molecule has 1 aliphatic carbocycles. The molecule has 2 aromatic carbocycles. The molecule has 1 atom stereocenters. The third kappa shape index (κ3) is 4.68. The lowest BCUT2D eigenvalue weighted by molar-refractivity contribution is -0.920. The van der Waals surface area contributed by atoms with Gasteiger partial charge in [0.15, 0.2) is 0 Å². The summed E-state index contributed by atoms with van der Waals surface area (Å²) in [5.41, 5.74) is 4.49. The third-order valence-corrected chi connectivity index (χ3v) is 6.77. The number of rotatable bonds is 5. The molecule has 2 nitrogen and oxygen atoms in total. The van der Waals surface area contributed by atoms with E-state index in [1.165, 1.54) is 61.8 Å². The van der Waals surface area contributed by atoms with Crippen molar-refractivity contribution in [3.05, 3.63) is 65.7 Å². The van der Waals surface area contributed by atoms with Gasteiger partial charge in [0.05, 0.1) is 26.7 Å². The lowest BCUT2D eigenvalue weighted by Gasteiger charge is -2.43. The summed E-state index contributed by atoms with van der Waals surface area (Å²) >= 11 is 0. The first-order valence-corrected chi connectivity index (χ1v) is 10.3. The summed E-state index contributed by atoms with van der Waals surface area (Å²) < 4.78 is 1.20. The van der Waals surface area contributed by atoms with E-state index in [2.05, 4.69) is 73.6 Å². The average Bonchev–Trinajstić information content (AvgIpc) is 3.07. The fraction of sp³-hybridized carbons (Fsp3) is 0.500. The van der Waals surface area contributed by atoms with Crippen LogP contribution in [0.3, 0.4) is 0 Å². The molecule has 27 heavy (non-hydrogen) atoms. The highest BCUT2D eigenvalue weighted by Crippen LogP contribution is 2.31. The van der Waals surface area contributed by atoms with Crippen LogP contribution in [0.4, 0.5) is 5.69 Å². The van der Waals surface area contributed by atoms with E-state index in [1.54, 1.807) is 11.1 Å². The Labute approximate surface area is 182 Å². The largest absolute Gasteiger partial charge is 1.00 e. The third-order valence-electron chi connectivity index (χ3n) is 6.77. The maximum atomic E-state index is 2.70. The summed E-state index contributed by atoms with van der Waals surface area (Å²) in [5.74, 6) is 0. The van der Waals surface area contributed by atoms with Gasteiger partial charge in [-0.15, -0.1) is 0 Å². The van der Waals surface area contributed by atoms with Crippen molar-refractivity contribution in [3.8, 4) is 0 Å². The predicted octanol–water partition coefficient (Wildman–Crippen LogP) is 1.68.